The first-order valence-electron chi connectivity index (χ1n) is 8.28. The molecule has 1 saturated carbocycles. The van der Waals surface area contributed by atoms with Gasteiger partial charge in [0.15, 0.2) is 0 Å². The van der Waals surface area contributed by atoms with Crippen LogP contribution in [-0.2, 0) is 14.4 Å². The first-order valence-corrected chi connectivity index (χ1v) is 8.28. The Hall–Kier alpha value is -2.17. The van der Waals surface area contributed by atoms with Crippen molar-refractivity contribution >= 4 is 23.4 Å². The lowest BCUT2D eigenvalue weighted by atomic mass is 9.81. The largest absolute Gasteiger partial charge is 0.326 e. The molecule has 5 nitrogen and oxygen atoms in total. The van der Waals surface area contributed by atoms with Gasteiger partial charge in [0.05, 0.1) is 11.8 Å². The summed E-state index contributed by atoms with van der Waals surface area (Å²) in [5.74, 6) is -0.622. The number of hydrogen-bond acceptors (Lipinski definition) is 3. The highest BCUT2D eigenvalue weighted by molar-refractivity contribution is 6.05. The summed E-state index contributed by atoms with van der Waals surface area (Å²) >= 11 is 0. The molecule has 3 amide bonds. The van der Waals surface area contributed by atoms with Crippen molar-refractivity contribution in [2.24, 2.45) is 11.8 Å². The van der Waals surface area contributed by atoms with Gasteiger partial charge in [0.25, 0.3) is 0 Å². The minimum absolute atomic E-state index is 0.0807. The summed E-state index contributed by atoms with van der Waals surface area (Å²) in [6, 6.07) is 7.53. The Morgan fingerprint density at radius 2 is 1.65 bits per heavy atom. The smallest absolute Gasteiger partial charge is 0.233 e. The van der Waals surface area contributed by atoms with Crippen LogP contribution < -0.4 is 5.32 Å². The predicted molar refractivity (Wildman–Crippen MR) is 86.6 cm³/mol. The summed E-state index contributed by atoms with van der Waals surface area (Å²) in [7, 11) is 0. The van der Waals surface area contributed by atoms with Gasteiger partial charge in [-0.25, -0.2) is 0 Å². The minimum atomic E-state index is -0.177. The molecular weight excluding hydrogens is 292 g/mol. The number of hydrogen-bond donors (Lipinski definition) is 1. The Kier molecular flexibility index (Phi) is 4.46. The maximum atomic E-state index is 12.3. The van der Waals surface area contributed by atoms with E-state index in [1.54, 1.807) is 0 Å². The number of aryl methyl sites for hydroxylation is 1. The van der Waals surface area contributed by atoms with Crippen LogP contribution in [0.2, 0.25) is 0 Å². The number of anilines is 1. The van der Waals surface area contributed by atoms with Crippen molar-refractivity contribution in [2.45, 2.75) is 39.0 Å². The second-order valence-corrected chi connectivity index (χ2v) is 6.49. The molecule has 23 heavy (non-hydrogen) atoms. The highest BCUT2D eigenvalue weighted by Crippen LogP contribution is 2.37. The summed E-state index contributed by atoms with van der Waals surface area (Å²) in [5, 5.41) is 2.80. The zero-order valence-electron chi connectivity index (χ0n) is 13.4. The maximum absolute atomic E-state index is 12.3. The molecule has 122 valence electrons. The van der Waals surface area contributed by atoms with E-state index in [0.29, 0.717) is 0 Å². The van der Waals surface area contributed by atoms with Crippen molar-refractivity contribution in [3.63, 3.8) is 0 Å². The van der Waals surface area contributed by atoms with Crippen LogP contribution in [0.5, 0.6) is 0 Å². The van der Waals surface area contributed by atoms with Gasteiger partial charge in [-0.05, 0) is 31.9 Å². The molecule has 2 unspecified atom stereocenters. The molecule has 1 heterocycles. The number of benzene rings is 1. The van der Waals surface area contributed by atoms with E-state index < -0.39 is 0 Å². The number of nitrogens with one attached hydrogen (secondary N) is 1. The molecule has 1 aliphatic heterocycles. The number of carbonyl (C=O) groups is 3. The Morgan fingerprint density at radius 3 is 2.22 bits per heavy atom. The van der Waals surface area contributed by atoms with Gasteiger partial charge in [-0.2, -0.15) is 0 Å². The van der Waals surface area contributed by atoms with Crippen LogP contribution in [0.1, 0.15) is 37.7 Å². The number of amides is 3. The molecule has 1 saturated heterocycles. The summed E-state index contributed by atoms with van der Waals surface area (Å²) in [4.78, 5) is 38.0. The van der Waals surface area contributed by atoms with Crippen LogP contribution in [0.15, 0.2) is 24.3 Å². The number of rotatable bonds is 4. The second-order valence-electron chi connectivity index (χ2n) is 6.49. The van der Waals surface area contributed by atoms with Crippen LogP contribution in [0.4, 0.5) is 5.69 Å². The zero-order valence-corrected chi connectivity index (χ0v) is 13.4. The number of carbonyl (C=O) groups excluding carboxylic acids is 3. The predicted octanol–water partition coefficient (Wildman–Crippen LogP) is 2.50. The van der Waals surface area contributed by atoms with Crippen molar-refractivity contribution in [2.75, 3.05) is 11.9 Å². The Bertz CT molecular complexity index is 600. The van der Waals surface area contributed by atoms with Crippen LogP contribution in [-0.4, -0.2) is 29.2 Å². The van der Waals surface area contributed by atoms with Gasteiger partial charge < -0.3 is 5.32 Å². The number of fused-ring (bicyclic) bond motifs is 1. The normalized spacial score (nSPS) is 23.8. The molecule has 2 fully saturated rings. The monoisotopic (exact) mass is 314 g/mol. The lowest BCUT2D eigenvalue weighted by molar-refractivity contribution is -0.140. The van der Waals surface area contributed by atoms with Crippen LogP contribution in [0.3, 0.4) is 0 Å². The van der Waals surface area contributed by atoms with E-state index in [9.17, 15) is 14.4 Å². The molecule has 1 aromatic carbocycles. The van der Waals surface area contributed by atoms with Crippen LogP contribution >= 0.6 is 0 Å². The SMILES string of the molecule is Cc1ccc(NC(=O)CCN2C(=O)C3CCCCC3C2=O)cc1. The van der Waals surface area contributed by atoms with Gasteiger partial charge in [-0.1, -0.05) is 30.5 Å². The van der Waals surface area contributed by atoms with E-state index in [1.165, 1.54) is 4.90 Å². The fourth-order valence-corrected chi connectivity index (χ4v) is 3.53. The summed E-state index contributed by atoms with van der Waals surface area (Å²) in [5.41, 5.74) is 1.85. The number of nitrogens with zero attached hydrogens (tertiary/aromatic N) is 1. The van der Waals surface area contributed by atoms with Gasteiger partial charge in [0.1, 0.15) is 0 Å². The molecule has 0 bridgehead atoms. The van der Waals surface area contributed by atoms with Gasteiger partial charge in [-0.3, -0.25) is 19.3 Å². The molecule has 1 N–H and O–H groups in total. The quantitative estimate of drug-likeness (QED) is 0.868. The standard InChI is InChI=1S/C18H22N2O3/c1-12-6-8-13(9-7-12)19-16(21)10-11-20-17(22)14-4-2-3-5-15(14)18(20)23/h6-9,14-15H,2-5,10-11H2,1H3,(H,19,21). The molecule has 1 aliphatic carbocycles. The van der Waals surface area contributed by atoms with Crippen LogP contribution in [0.25, 0.3) is 0 Å². The van der Waals surface area contributed by atoms with E-state index in [0.717, 1.165) is 36.9 Å². The fourth-order valence-electron chi connectivity index (χ4n) is 3.53. The number of imide groups is 1. The zero-order chi connectivity index (χ0) is 16.4. The average molecular weight is 314 g/mol. The van der Waals surface area contributed by atoms with Crippen molar-refractivity contribution in [1.82, 2.24) is 4.90 Å². The highest BCUT2D eigenvalue weighted by atomic mass is 16.2. The van der Waals surface area contributed by atoms with E-state index in [-0.39, 0.29) is 42.5 Å². The Morgan fingerprint density at radius 1 is 1.09 bits per heavy atom. The maximum Gasteiger partial charge on any atom is 0.233 e. The molecular formula is C18H22N2O3. The van der Waals surface area contributed by atoms with Crippen LogP contribution in [0, 0.1) is 18.8 Å². The third kappa shape index (κ3) is 3.28. The van der Waals surface area contributed by atoms with E-state index in [4.69, 9.17) is 0 Å². The molecule has 0 spiro atoms. The lowest BCUT2D eigenvalue weighted by Crippen LogP contribution is -2.34. The Balaban J connectivity index is 1.55. The molecule has 0 aromatic heterocycles. The van der Waals surface area contributed by atoms with Gasteiger partial charge in [-0.15, -0.1) is 0 Å². The molecule has 3 rings (SSSR count). The summed E-state index contributed by atoms with van der Waals surface area (Å²) in [6.07, 6.45) is 3.79. The van der Waals surface area contributed by atoms with E-state index in [2.05, 4.69) is 5.32 Å². The fraction of sp³-hybridized carbons (Fsp3) is 0.500. The average Bonchev–Trinajstić information content (AvgIpc) is 2.80. The number of likely N-dealkylation sites (tertiary alicyclic amines) is 1. The molecule has 0 radical (unpaired) electrons. The van der Waals surface area contributed by atoms with Gasteiger partial charge >= 0.3 is 0 Å². The highest BCUT2D eigenvalue weighted by Gasteiger charge is 2.47. The van der Waals surface area contributed by atoms with E-state index >= 15 is 0 Å². The first kappa shape index (κ1) is 15.7. The molecule has 2 atom stereocenters. The van der Waals surface area contributed by atoms with Crippen molar-refractivity contribution in [1.29, 1.82) is 0 Å². The van der Waals surface area contributed by atoms with Gasteiger partial charge in [0.2, 0.25) is 17.7 Å². The van der Waals surface area contributed by atoms with Crippen molar-refractivity contribution in [3.8, 4) is 0 Å². The van der Waals surface area contributed by atoms with Gasteiger partial charge in [0, 0.05) is 18.7 Å². The summed E-state index contributed by atoms with van der Waals surface area (Å²) in [6.45, 7) is 2.16. The topological polar surface area (TPSA) is 66.5 Å². The first-order chi connectivity index (χ1) is 11.1. The molecule has 1 aromatic rings. The molecule has 2 aliphatic rings. The third-order valence-electron chi connectivity index (χ3n) is 4.83. The van der Waals surface area contributed by atoms with Crippen molar-refractivity contribution in [3.05, 3.63) is 29.8 Å². The lowest BCUT2D eigenvalue weighted by Gasteiger charge is -2.19. The van der Waals surface area contributed by atoms with E-state index in [1.807, 2.05) is 31.2 Å². The summed E-state index contributed by atoms with van der Waals surface area (Å²) < 4.78 is 0. The third-order valence-corrected chi connectivity index (χ3v) is 4.83. The van der Waals surface area contributed by atoms with Crippen molar-refractivity contribution < 1.29 is 14.4 Å². The molecule has 5 heteroatoms. The second kappa shape index (κ2) is 6.52. The minimum Gasteiger partial charge on any atom is -0.326 e. The Labute approximate surface area is 136 Å².